The molecule has 1 saturated heterocycles. The van der Waals surface area contributed by atoms with E-state index >= 15 is 0 Å². The highest BCUT2D eigenvalue weighted by molar-refractivity contribution is 5.78. The summed E-state index contributed by atoms with van der Waals surface area (Å²) >= 11 is 0. The number of benzene rings is 1. The van der Waals surface area contributed by atoms with Crippen molar-refractivity contribution >= 4 is 11.9 Å². The van der Waals surface area contributed by atoms with Crippen LogP contribution in [0.2, 0.25) is 0 Å². The Bertz CT molecular complexity index is 697. The molecule has 132 valence electrons. The minimum atomic E-state index is -0.191. The van der Waals surface area contributed by atoms with E-state index in [0.29, 0.717) is 26.1 Å². The predicted octanol–water partition coefficient (Wildman–Crippen LogP) is 1.68. The van der Waals surface area contributed by atoms with Crippen LogP contribution in [0.4, 0.5) is 4.79 Å². The van der Waals surface area contributed by atoms with Gasteiger partial charge in [-0.15, -0.1) is 0 Å². The number of nitrogens with one attached hydrogen (secondary N) is 2. The average Bonchev–Trinajstić information content (AvgIpc) is 3.29. The molecule has 0 unspecified atom stereocenters. The minimum absolute atomic E-state index is 0.191. The molecule has 1 aromatic heterocycles. The lowest BCUT2D eigenvalue weighted by molar-refractivity contribution is -0.127. The summed E-state index contributed by atoms with van der Waals surface area (Å²) in [6, 6.07) is 9.56. The molecule has 0 aliphatic carbocycles. The lowest BCUT2D eigenvalue weighted by Gasteiger charge is -2.15. The Labute approximate surface area is 147 Å². The van der Waals surface area contributed by atoms with E-state index < -0.39 is 0 Å². The van der Waals surface area contributed by atoms with Gasteiger partial charge in [-0.25, -0.2) is 9.48 Å². The van der Waals surface area contributed by atoms with Crippen molar-refractivity contribution in [1.29, 1.82) is 0 Å². The standard InChI is InChI=1S/C18H23N5O2/c24-17-4-1-11-22(17)12-2-9-19-18(25)20-14-15-5-7-16(8-6-15)23-13-3-10-21-23/h3,5-8,10,13H,1-2,4,9,11-12,14H2,(H2,19,20,25). The third-order valence-corrected chi connectivity index (χ3v) is 4.22. The highest BCUT2D eigenvalue weighted by Crippen LogP contribution is 2.09. The Hall–Kier alpha value is -2.83. The second-order valence-electron chi connectivity index (χ2n) is 6.06. The summed E-state index contributed by atoms with van der Waals surface area (Å²) in [6.07, 6.45) is 6.01. The van der Waals surface area contributed by atoms with Gasteiger partial charge < -0.3 is 15.5 Å². The molecule has 1 aliphatic rings. The number of hydrogen-bond acceptors (Lipinski definition) is 3. The topological polar surface area (TPSA) is 79.3 Å². The van der Waals surface area contributed by atoms with Crippen LogP contribution in [0, 0.1) is 0 Å². The van der Waals surface area contributed by atoms with Crippen molar-refractivity contribution in [3.05, 3.63) is 48.3 Å². The van der Waals surface area contributed by atoms with Crippen LogP contribution in [0.1, 0.15) is 24.8 Å². The molecule has 0 spiro atoms. The van der Waals surface area contributed by atoms with Gasteiger partial charge in [-0.2, -0.15) is 5.10 Å². The SMILES string of the molecule is O=C(NCCCN1CCCC1=O)NCc1ccc(-n2cccn2)cc1. The quantitative estimate of drug-likeness (QED) is 0.752. The molecule has 0 bridgehead atoms. The highest BCUT2D eigenvalue weighted by Gasteiger charge is 2.18. The zero-order valence-corrected chi connectivity index (χ0v) is 14.1. The van der Waals surface area contributed by atoms with Crippen molar-refractivity contribution < 1.29 is 9.59 Å². The van der Waals surface area contributed by atoms with E-state index in [9.17, 15) is 9.59 Å². The summed E-state index contributed by atoms with van der Waals surface area (Å²) in [5, 5.41) is 9.84. The third-order valence-electron chi connectivity index (χ3n) is 4.22. The van der Waals surface area contributed by atoms with E-state index in [1.165, 1.54) is 0 Å². The zero-order chi connectivity index (χ0) is 17.5. The van der Waals surface area contributed by atoms with Crippen LogP contribution in [0.15, 0.2) is 42.7 Å². The second kappa shape index (κ2) is 8.32. The monoisotopic (exact) mass is 341 g/mol. The van der Waals surface area contributed by atoms with Crippen LogP contribution < -0.4 is 10.6 Å². The van der Waals surface area contributed by atoms with E-state index in [2.05, 4.69) is 15.7 Å². The number of carbonyl (C=O) groups excluding carboxylic acids is 2. The van der Waals surface area contributed by atoms with Crippen LogP contribution in [0.3, 0.4) is 0 Å². The first-order valence-corrected chi connectivity index (χ1v) is 8.61. The van der Waals surface area contributed by atoms with Gasteiger partial charge in [0.25, 0.3) is 0 Å². The molecule has 2 N–H and O–H groups in total. The molecule has 1 aliphatic heterocycles. The Morgan fingerprint density at radius 1 is 1.20 bits per heavy atom. The van der Waals surface area contributed by atoms with Crippen molar-refractivity contribution in [2.45, 2.75) is 25.8 Å². The molecule has 1 aromatic carbocycles. The molecule has 1 fully saturated rings. The largest absolute Gasteiger partial charge is 0.343 e. The van der Waals surface area contributed by atoms with Crippen molar-refractivity contribution in [2.75, 3.05) is 19.6 Å². The van der Waals surface area contributed by atoms with Gasteiger partial charge in [0.05, 0.1) is 5.69 Å². The number of carbonyl (C=O) groups is 2. The maximum Gasteiger partial charge on any atom is 0.315 e. The fourth-order valence-electron chi connectivity index (χ4n) is 2.85. The van der Waals surface area contributed by atoms with Gasteiger partial charge in [0.2, 0.25) is 5.91 Å². The number of likely N-dealkylation sites (tertiary alicyclic amines) is 1. The van der Waals surface area contributed by atoms with Crippen LogP contribution in [0.5, 0.6) is 0 Å². The van der Waals surface area contributed by atoms with Crippen molar-refractivity contribution in [2.24, 2.45) is 0 Å². The van der Waals surface area contributed by atoms with Crippen molar-refractivity contribution in [1.82, 2.24) is 25.3 Å². The molecule has 3 amide bonds. The van der Waals surface area contributed by atoms with E-state index in [0.717, 1.165) is 30.6 Å². The number of nitrogens with zero attached hydrogens (tertiary/aromatic N) is 3. The molecular weight excluding hydrogens is 318 g/mol. The molecule has 25 heavy (non-hydrogen) atoms. The number of amides is 3. The summed E-state index contributed by atoms with van der Waals surface area (Å²) in [5.41, 5.74) is 2.00. The molecule has 0 atom stereocenters. The Kier molecular flexibility index (Phi) is 5.66. The fourth-order valence-corrected chi connectivity index (χ4v) is 2.85. The maximum atomic E-state index is 11.8. The van der Waals surface area contributed by atoms with Crippen molar-refractivity contribution in [3.8, 4) is 5.69 Å². The number of rotatable bonds is 7. The van der Waals surface area contributed by atoms with E-state index in [1.807, 2.05) is 41.4 Å². The Balaban J connectivity index is 1.34. The van der Waals surface area contributed by atoms with Gasteiger partial charge in [0.1, 0.15) is 0 Å². The average molecular weight is 341 g/mol. The van der Waals surface area contributed by atoms with Crippen LogP contribution in [-0.2, 0) is 11.3 Å². The first-order chi connectivity index (χ1) is 12.2. The van der Waals surface area contributed by atoms with Gasteiger partial charge in [-0.05, 0) is 36.6 Å². The summed E-state index contributed by atoms with van der Waals surface area (Å²) in [6.45, 7) is 2.59. The van der Waals surface area contributed by atoms with Gasteiger partial charge >= 0.3 is 6.03 Å². The van der Waals surface area contributed by atoms with Gasteiger partial charge in [-0.1, -0.05) is 12.1 Å². The predicted molar refractivity (Wildman–Crippen MR) is 94.2 cm³/mol. The van der Waals surface area contributed by atoms with Crippen molar-refractivity contribution in [3.63, 3.8) is 0 Å². The number of hydrogen-bond donors (Lipinski definition) is 2. The Morgan fingerprint density at radius 3 is 2.72 bits per heavy atom. The summed E-state index contributed by atoms with van der Waals surface area (Å²) in [7, 11) is 0. The summed E-state index contributed by atoms with van der Waals surface area (Å²) < 4.78 is 1.79. The molecule has 7 nitrogen and oxygen atoms in total. The van der Waals surface area contributed by atoms with E-state index in [1.54, 1.807) is 10.9 Å². The zero-order valence-electron chi connectivity index (χ0n) is 14.1. The van der Waals surface area contributed by atoms with Crippen LogP contribution in [0.25, 0.3) is 5.69 Å². The van der Waals surface area contributed by atoms with Gasteiger partial charge in [-0.3, -0.25) is 4.79 Å². The number of aromatic nitrogens is 2. The van der Waals surface area contributed by atoms with Gasteiger partial charge in [0.15, 0.2) is 0 Å². The van der Waals surface area contributed by atoms with Crippen LogP contribution in [-0.4, -0.2) is 46.3 Å². The molecular formula is C18H23N5O2. The highest BCUT2D eigenvalue weighted by atomic mass is 16.2. The molecule has 3 rings (SSSR count). The van der Waals surface area contributed by atoms with Gasteiger partial charge in [0, 0.05) is 45.0 Å². The maximum absolute atomic E-state index is 11.8. The molecule has 7 heteroatoms. The lowest BCUT2D eigenvalue weighted by atomic mass is 10.2. The fraction of sp³-hybridized carbons (Fsp3) is 0.389. The first kappa shape index (κ1) is 17.0. The second-order valence-corrected chi connectivity index (χ2v) is 6.06. The molecule has 0 radical (unpaired) electrons. The summed E-state index contributed by atoms with van der Waals surface area (Å²) in [4.78, 5) is 25.2. The van der Waals surface area contributed by atoms with E-state index in [-0.39, 0.29) is 11.9 Å². The Morgan fingerprint density at radius 2 is 2.04 bits per heavy atom. The number of urea groups is 1. The first-order valence-electron chi connectivity index (χ1n) is 8.61. The molecule has 2 heterocycles. The lowest BCUT2D eigenvalue weighted by Crippen LogP contribution is -2.37. The smallest absolute Gasteiger partial charge is 0.315 e. The minimum Gasteiger partial charge on any atom is -0.343 e. The summed E-state index contributed by atoms with van der Waals surface area (Å²) in [5.74, 6) is 0.225. The molecule has 0 saturated carbocycles. The third kappa shape index (κ3) is 4.82. The van der Waals surface area contributed by atoms with E-state index in [4.69, 9.17) is 0 Å². The normalized spacial score (nSPS) is 13.9. The van der Waals surface area contributed by atoms with Crippen LogP contribution >= 0.6 is 0 Å². The molecule has 2 aromatic rings.